The van der Waals surface area contributed by atoms with Gasteiger partial charge < -0.3 is 9.73 Å². The lowest BCUT2D eigenvalue weighted by atomic mass is 9.94. The van der Waals surface area contributed by atoms with Crippen LogP contribution in [-0.2, 0) is 22.0 Å². The topological polar surface area (TPSA) is 93.8 Å². The summed E-state index contributed by atoms with van der Waals surface area (Å²) < 4.78 is 18.8. The number of rotatable bonds is 5. The average Bonchev–Trinajstić information content (AvgIpc) is 3.17. The molecule has 0 saturated heterocycles. The Kier molecular flexibility index (Phi) is 4.72. The molecule has 126 valence electrons. The molecular formula is C15H17N5O2S2. The fourth-order valence-electron chi connectivity index (χ4n) is 1.80. The Morgan fingerprint density at radius 2 is 2.08 bits per heavy atom. The Morgan fingerprint density at radius 1 is 1.25 bits per heavy atom. The van der Waals surface area contributed by atoms with Crippen molar-refractivity contribution in [2.75, 3.05) is 5.32 Å². The SMILES string of the molecule is CC(C)(C)c1cnc(CS(=O)c2cnc(Nc3ccncn3)s2)o1. The van der Waals surface area contributed by atoms with Crippen molar-refractivity contribution in [1.82, 2.24) is 19.9 Å². The second kappa shape index (κ2) is 6.78. The highest BCUT2D eigenvalue weighted by Gasteiger charge is 2.20. The van der Waals surface area contributed by atoms with Gasteiger partial charge in [-0.05, 0) is 6.07 Å². The van der Waals surface area contributed by atoms with Gasteiger partial charge in [0, 0.05) is 11.6 Å². The van der Waals surface area contributed by atoms with Crippen LogP contribution in [0.1, 0.15) is 32.4 Å². The van der Waals surface area contributed by atoms with Crippen LogP contribution in [0.5, 0.6) is 0 Å². The van der Waals surface area contributed by atoms with Crippen molar-refractivity contribution >= 4 is 33.1 Å². The van der Waals surface area contributed by atoms with Crippen molar-refractivity contribution in [3.63, 3.8) is 0 Å². The Hall–Kier alpha value is -2.13. The number of anilines is 2. The van der Waals surface area contributed by atoms with Crippen molar-refractivity contribution in [1.29, 1.82) is 0 Å². The van der Waals surface area contributed by atoms with Gasteiger partial charge in [-0.25, -0.2) is 19.9 Å². The van der Waals surface area contributed by atoms with Crippen LogP contribution in [0, 0.1) is 0 Å². The van der Waals surface area contributed by atoms with Crippen LogP contribution in [0.3, 0.4) is 0 Å². The van der Waals surface area contributed by atoms with E-state index in [1.54, 1.807) is 24.7 Å². The molecule has 7 nitrogen and oxygen atoms in total. The van der Waals surface area contributed by atoms with Crippen molar-refractivity contribution in [2.45, 2.75) is 36.1 Å². The first-order chi connectivity index (χ1) is 11.4. The van der Waals surface area contributed by atoms with Gasteiger partial charge in [-0.1, -0.05) is 32.1 Å². The van der Waals surface area contributed by atoms with Crippen LogP contribution in [0.4, 0.5) is 10.9 Å². The Morgan fingerprint density at radius 3 is 2.75 bits per heavy atom. The molecule has 3 aromatic heterocycles. The van der Waals surface area contributed by atoms with Crippen molar-refractivity contribution < 1.29 is 8.63 Å². The number of nitrogens with zero attached hydrogens (tertiary/aromatic N) is 4. The van der Waals surface area contributed by atoms with Crippen molar-refractivity contribution in [2.24, 2.45) is 0 Å². The molecule has 0 aliphatic heterocycles. The van der Waals surface area contributed by atoms with E-state index in [4.69, 9.17) is 4.42 Å². The summed E-state index contributed by atoms with van der Waals surface area (Å²) in [5.74, 6) is 2.12. The molecule has 0 bridgehead atoms. The minimum absolute atomic E-state index is 0.119. The summed E-state index contributed by atoms with van der Waals surface area (Å²) in [6.45, 7) is 6.13. The van der Waals surface area contributed by atoms with Gasteiger partial charge >= 0.3 is 0 Å². The molecule has 1 atom stereocenters. The van der Waals surface area contributed by atoms with Gasteiger partial charge in [-0.15, -0.1) is 0 Å². The van der Waals surface area contributed by atoms with Crippen LogP contribution in [0.25, 0.3) is 0 Å². The summed E-state index contributed by atoms with van der Waals surface area (Å²) in [6.07, 6.45) is 6.38. The molecule has 3 rings (SSSR count). The average molecular weight is 363 g/mol. The van der Waals surface area contributed by atoms with Gasteiger partial charge in [0.05, 0.1) is 23.2 Å². The highest BCUT2D eigenvalue weighted by molar-refractivity contribution is 7.86. The maximum Gasteiger partial charge on any atom is 0.207 e. The zero-order valence-electron chi connectivity index (χ0n) is 13.5. The quantitative estimate of drug-likeness (QED) is 0.743. The molecule has 0 aromatic carbocycles. The van der Waals surface area contributed by atoms with E-state index in [1.807, 2.05) is 20.8 Å². The van der Waals surface area contributed by atoms with E-state index in [0.29, 0.717) is 21.0 Å². The third-order valence-electron chi connectivity index (χ3n) is 3.07. The highest BCUT2D eigenvalue weighted by atomic mass is 32.2. The van der Waals surface area contributed by atoms with Crippen molar-refractivity contribution in [3.8, 4) is 0 Å². The Bertz CT molecular complexity index is 839. The molecule has 3 heterocycles. The lowest BCUT2D eigenvalue weighted by Crippen LogP contribution is -2.09. The second-order valence-electron chi connectivity index (χ2n) is 6.06. The van der Waals surface area contributed by atoms with E-state index in [1.165, 1.54) is 17.7 Å². The predicted molar refractivity (Wildman–Crippen MR) is 92.7 cm³/mol. The second-order valence-corrected chi connectivity index (χ2v) is 8.77. The lowest BCUT2D eigenvalue weighted by Gasteiger charge is -2.12. The van der Waals surface area contributed by atoms with Gasteiger partial charge in [0.15, 0.2) is 5.13 Å². The number of nitrogens with one attached hydrogen (secondary N) is 1. The molecule has 1 N–H and O–H groups in total. The molecule has 0 fully saturated rings. The van der Waals surface area contributed by atoms with Crippen LogP contribution >= 0.6 is 11.3 Å². The fraction of sp³-hybridized carbons (Fsp3) is 0.333. The van der Waals surface area contributed by atoms with E-state index in [-0.39, 0.29) is 11.2 Å². The highest BCUT2D eigenvalue weighted by Crippen LogP contribution is 2.27. The molecule has 0 amide bonds. The standard InChI is InChI=1S/C15H17N5O2S2/c1-15(2,3)10-6-17-12(22-10)8-24(21)13-7-18-14(23-13)20-11-4-5-16-9-19-11/h4-7,9H,8H2,1-3H3,(H,16,18,19,20). The van der Waals surface area contributed by atoms with Gasteiger partial charge in [0.25, 0.3) is 0 Å². The molecule has 24 heavy (non-hydrogen) atoms. The summed E-state index contributed by atoms with van der Waals surface area (Å²) in [7, 11) is -1.26. The zero-order valence-corrected chi connectivity index (χ0v) is 15.1. The summed E-state index contributed by atoms with van der Waals surface area (Å²) in [4.78, 5) is 16.4. The molecule has 0 saturated carbocycles. The van der Waals surface area contributed by atoms with E-state index < -0.39 is 10.8 Å². The first-order valence-electron chi connectivity index (χ1n) is 7.24. The third-order valence-corrected chi connectivity index (χ3v) is 5.65. The predicted octanol–water partition coefficient (Wildman–Crippen LogP) is 3.27. The number of thiazole rings is 1. The Labute approximate surface area is 146 Å². The maximum atomic E-state index is 12.5. The molecule has 0 aliphatic rings. The summed E-state index contributed by atoms with van der Waals surface area (Å²) in [5.41, 5.74) is -0.119. The maximum absolute atomic E-state index is 12.5. The van der Waals surface area contributed by atoms with E-state index in [2.05, 4.69) is 25.3 Å². The molecule has 1 unspecified atom stereocenters. The summed E-state index contributed by atoms with van der Waals surface area (Å²) >= 11 is 1.32. The number of hydrogen-bond acceptors (Lipinski definition) is 8. The smallest absolute Gasteiger partial charge is 0.207 e. The minimum atomic E-state index is -1.26. The molecule has 0 aliphatic carbocycles. The minimum Gasteiger partial charge on any atom is -0.444 e. The van der Waals surface area contributed by atoms with Crippen LogP contribution < -0.4 is 5.32 Å². The molecule has 0 radical (unpaired) electrons. The van der Waals surface area contributed by atoms with E-state index in [0.717, 1.165) is 5.76 Å². The number of oxazole rings is 1. The molecular weight excluding hydrogens is 346 g/mol. The fourth-order valence-corrected chi connectivity index (χ4v) is 3.82. The van der Waals surface area contributed by atoms with Gasteiger partial charge in [0.1, 0.15) is 27.9 Å². The third kappa shape index (κ3) is 4.04. The van der Waals surface area contributed by atoms with E-state index in [9.17, 15) is 4.21 Å². The molecule has 3 aromatic rings. The van der Waals surface area contributed by atoms with Crippen LogP contribution in [-0.4, -0.2) is 24.1 Å². The van der Waals surface area contributed by atoms with Gasteiger partial charge in [-0.2, -0.15) is 0 Å². The Balaban J connectivity index is 1.67. The van der Waals surface area contributed by atoms with Crippen LogP contribution in [0.15, 0.2) is 39.6 Å². The largest absolute Gasteiger partial charge is 0.444 e. The first kappa shape index (κ1) is 16.7. The van der Waals surface area contributed by atoms with Gasteiger partial charge in [0.2, 0.25) is 5.89 Å². The number of aromatic nitrogens is 4. The zero-order chi connectivity index (χ0) is 17.2. The normalized spacial score (nSPS) is 13.0. The number of hydrogen-bond donors (Lipinski definition) is 1. The van der Waals surface area contributed by atoms with E-state index >= 15 is 0 Å². The summed E-state index contributed by atoms with van der Waals surface area (Å²) in [6, 6.07) is 1.73. The van der Waals surface area contributed by atoms with Crippen LogP contribution in [0.2, 0.25) is 0 Å². The monoisotopic (exact) mass is 363 g/mol. The summed E-state index contributed by atoms with van der Waals surface area (Å²) in [5, 5.41) is 3.67. The first-order valence-corrected chi connectivity index (χ1v) is 9.38. The molecule has 0 spiro atoms. The lowest BCUT2D eigenvalue weighted by molar-refractivity contribution is 0.390. The van der Waals surface area contributed by atoms with Crippen molar-refractivity contribution in [3.05, 3.63) is 42.6 Å². The van der Waals surface area contributed by atoms with Gasteiger partial charge in [-0.3, -0.25) is 4.21 Å². The molecule has 9 heteroatoms.